The number of halogens is 1. The number of carbonyl (C=O) groups excluding carboxylic acids is 4. The first-order valence-corrected chi connectivity index (χ1v) is 9.03. The molecule has 1 aromatic rings. The van der Waals surface area contributed by atoms with E-state index in [1.807, 2.05) is 12.1 Å². The Kier molecular flexibility index (Phi) is 7.14. The first kappa shape index (κ1) is 19.9. The van der Waals surface area contributed by atoms with E-state index in [4.69, 9.17) is 0 Å². The van der Waals surface area contributed by atoms with Crippen molar-refractivity contribution in [1.82, 2.24) is 15.1 Å². The molecule has 8 nitrogen and oxygen atoms in total. The summed E-state index contributed by atoms with van der Waals surface area (Å²) in [6, 6.07) is 6.87. The van der Waals surface area contributed by atoms with Crippen LogP contribution >= 0.6 is 15.9 Å². The number of hydrogen-bond acceptors (Lipinski definition) is 4. The fourth-order valence-electron chi connectivity index (χ4n) is 2.45. The molecule has 1 saturated heterocycles. The van der Waals surface area contributed by atoms with Crippen LogP contribution in [-0.4, -0.2) is 60.2 Å². The van der Waals surface area contributed by atoms with Crippen molar-refractivity contribution in [2.45, 2.75) is 19.3 Å². The molecule has 140 valence electrons. The number of amides is 5. The standard InChI is InChI=1S/C17H21BrN4O4/c1-21-11-16(25)22(17(21)26)10-2-3-14(23)19-9-8-15(24)20-13-6-4-12(18)5-7-13/h4-7H,2-3,8-11H2,1H3,(H,19,23)(H,20,24). The molecule has 1 aromatic carbocycles. The Morgan fingerprint density at radius 2 is 1.81 bits per heavy atom. The van der Waals surface area contributed by atoms with E-state index in [9.17, 15) is 19.2 Å². The lowest BCUT2D eigenvalue weighted by molar-refractivity contribution is -0.126. The molecule has 0 unspecified atom stereocenters. The van der Waals surface area contributed by atoms with Crippen LogP contribution in [-0.2, 0) is 14.4 Å². The van der Waals surface area contributed by atoms with E-state index >= 15 is 0 Å². The number of carbonyl (C=O) groups is 4. The molecule has 0 saturated carbocycles. The molecule has 2 rings (SSSR count). The average molecular weight is 425 g/mol. The van der Waals surface area contributed by atoms with Crippen LogP contribution in [0.2, 0.25) is 0 Å². The van der Waals surface area contributed by atoms with Crippen LogP contribution in [0.25, 0.3) is 0 Å². The second-order valence-corrected chi connectivity index (χ2v) is 6.86. The second kappa shape index (κ2) is 9.33. The Bertz CT molecular complexity index is 693. The highest BCUT2D eigenvalue weighted by Gasteiger charge is 2.32. The monoisotopic (exact) mass is 424 g/mol. The summed E-state index contributed by atoms with van der Waals surface area (Å²) in [5.41, 5.74) is 0.689. The first-order chi connectivity index (χ1) is 12.4. The highest BCUT2D eigenvalue weighted by molar-refractivity contribution is 9.10. The lowest BCUT2D eigenvalue weighted by Gasteiger charge is -2.13. The van der Waals surface area contributed by atoms with Gasteiger partial charge in [-0.3, -0.25) is 19.3 Å². The van der Waals surface area contributed by atoms with Gasteiger partial charge in [-0.25, -0.2) is 4.79 Å². The van der Waals surface area contributed by atoms with Gasteiger partial charge in [-0.15, -0.1) is 0 Å². The minimum Gasteiger partial charge on any atom is -0.356 e. The Morgan fingerprint density at radius 1 is 1.12 bits per heavy atom. The number of urea groups is 1. The molecular weight excluding hydrogens is 404 g/mol. The van der Waals surface area contributed by atoms with Gasteiger partial charge >= 0.3 is 6.03 Å². The third kappa shape index (κ3) is 5.83. The molecule has 9 heteroatoms. The molecule has 1 fully saturated rings. The molecule has 0 aromatic heterocycles. The fourth-order valence-corrected chi connectivity index (χ4v) is 2.71. The molecular formula is C17H21BrN4O4. The van der Waals surface area contributed by atoms with Crippen LogP contribution in [0, 0.1) is 0 Å². The zero-order chi connectivity index (χ0) is 19.1. The van der Waals surface area contributed by atoms with E-state index in [0.717, 1.165) is 9.37 Å². The van der Waals surface area contributed by atoms with Gasteiger partial charge < -0.3 is 15.5 Å². The van der Waals surface area contributed by atoms with Gasteiger partial charge in [0.15, 0.2) is 0 Å². The molecule has 26 heavy (non-hydrogen) atoms. The highest BCUT2D eigenvalue weighted by atomic mass is 79.9. The van der Waals surface area contributed by atoms with Crippen molar-refractivity contribution < 1.29 is 19.2 Å². The van der Waals surface area contributed by atoms with Gasteiger partial charge in [-0.2, -0.15) is 0 Å². The number of likely N-dealkylation sites (N-methyl/N-ethyl adjacent to an activating group) is 1. The van der Waals surface area contributed by atoms with Gasteiger partial charge in [-0.05, 0) is 30.7 Å². The Labute approximate surface area is 160 Å². The van der Waals surface area contributed by atoms with E-state index in [-0.39, 0.29) is 56.2 Å². The van der Waals surface area contributed by atoms with Gasteiger partial charge in [0.1, 0.15) is 6.54 Å². The number of rotatable bonds is 8. The molecule has 1 aliphatic rings. The molecule has 1 heterocycles. The van der Waals surface area contributed by atoms with Crippen LogP contribution in [0.1, 0.15) is 19.3 Å². The number of benzene rings is 1. The minimum absolute atomic E-state index is 0.0819. The summed E-state index contributed by atoms with van der Waals surface area (Å²) in [7, 11) is 1.56. The first-order valence-electron chi connectivity index (χ1n) is 8.24. The third-order valence-corrected chi connectivity index (χ3v) is 4.35. The molecule has 0 bridgehead atoms. The van der Waals surface area contributed by atoms with E-state index < -0.39 is 0 Å². The van der Waals surface area contributed by atoms with Crippen LogP contribution in [0.15, 0.2) is 28.7 Å². The Morgan fingerprint density at radius 3 is 2.42 bits per heavy atom. The van der Waals surface area contributed by atoms with Gasteiger partial charge in [0, 0.05) is 43.1 Å². The summed E-state index contributed by atoms with van der Waals surface area (Å²) in [4.78, 5) is 49.4. The summed E-state index contributed by atoms with van der Waals surface area (Å²) in [5, 5.41) is 5.40. The maximum atomic E-state index is 11.8. The molecule has 0 aliphatic carbocycles. The van der Waals surface area contributed by atoms with E-state index in [1.54, 1.807) is 19.2 Å². The van der Waals surface area contributed by atoms with Gasteiger partial charge in [-0.1, -0.05) is 15.9 Å². The fraction of sp³-hybridized carbons (Fsp3) is 0.412. The van der Waals surface area contributed by atoms with Crippen molar-refractivity contribution >= 4 is 45.4 Å². The van der Waals surface area contributed by atoms with Crippen molar-refractivity contribution in [2.75, 3.05) is 32.0 Å². The van der Waals surface area contributed by atoms with Crippen LogP contribution in [0.3, 0.4) is 0 Å². The van der Waals surface area contributed by atoms with Crippen molar-refractivity contribution in [3.63, 3.8) is 0 Å². The number of nitrogens with one attached hydrogen (secondary N) is 2. The third-order valence-electron chi connectivity index (χ3n) is 3.82. The van der Waals surface area contributed by atoms with E-state index in [0.29, 0.717) is 12.1 Å². The molecule has 0 spiro atoms. The lowest BCUT2D eigenvalue weighted by atomic mass is 10.2. The average Bonchev–Trinajstić information content (AvgIpc) is 2.83. The van der Waals surface area contributed by atoms with Crippen molar-refractivity contribution in [2.24, 2.45) is 0 Å². The van der Waals surface area contributed by atoms with Crippen molar-refractivity contribution in [3.05, 3.63) is 28.7 Å². The summed E-state index contributed by atoms with van der Waals surface area (Å²) < 4.78 is 0.923. The summed E-state index contributed by atoms with van der Waals surface area (Å²) in [5.74, 6) is -0.652. The molecule has 0 radical (unpaired) electrons. The van der Waals surface area contributed by atoms with Crippen LogP contribution in [0.5, 0.6) is 0 Å². The smallest absolute Gasteiger partial charge is 0.326 e. The number of nitrogens with zero attached hydrogens (tertiary/aromatic N) is 2. The molecule has 5 amide bonds. The van der Waals surface area contributed by atoms with Crippen LogP contribution < -0.4 is 10.6 Å². The molecule has 1 aliphatic heterocycles. The van der Waals surface area contributed by atoms with Crippen molar-refractivity contribution in [3.8, 4) is 0 Å². The number of hydrogen-bond donors (Lipinski definition) is 2. The summed E-state index contributed by atoms with van der Waals surface area (Å²) >= 11 is 3.32. The maximum Gasteiger partial charge on any atom is 0.326 e. The molecule has 0 atom stereocenters. The lowest BCUT2D eigenvalue weighted by Crippen LogP contribution is -2.33. The van der Waals surface area contributed by atoms with Crippen molar-refractivity contribution in [1.29, 1.82) is 0 Å². The zero-order valence-electron chi connectivity index (χ0n) is 14.5. The highest BCUT2D eigenvalue weighted by Crippen LogP contribution is 2.14. The maximum absolute atomic E-state index is 11.8. The van der Waals surface area contributed by atoms with Gasteiger partial charge in [0.05, 0.1) is 0 Å². The second-order valence-electron chi connectivity index (χ2n) is 5.94. The topological polar surface area (TPSA) is 98.8 Å². The SMILES string of the molecule is CN1CC(=O)N(CCCC(=O)NCCC(=O)Nc2ccc(Br)cc2)C1=O. The predicted molar refractivity (Wildman–Crippen MR) is 99.4 cm³/mol. The Hall–Kier alpha value is -2.42. The summed E-state index contributed by atoms with van der Waals surface area (Å²) in [6.07, 6.45) is 0.743. The zero-order valence-corrected chi connectivity index (χ0v) is 16.0. The van der Waals surface area contributed by atoms with Gasteiger partial charge in [0.2, 0.25) is 17.7 Å². The Balaban J connectivity index is 1.60. The predicted octanol–water partition coefficient (Wildman–Crippen LogP) is 1.57. The largest absolute Gasteiger partial charge is 0.356 e. The molecule has 2 N–H and O–H groups in total. The quantitative estimate of drug-likeness (QED) is 0.618. The minimum atomic E-state index is -0.333. The number of anilines is 1. The normalized spacial score (nSPS) is 13.9. The van der Waals surface area contributed by atoms with Crippen LogP contribution in [0.4, 0.5) is 10.5 Å². The number of imide groups is 1. The summed E-state index contributed by atoms with van der Waals surface area (Å²) in [6.45, 7) is 0.531. The van der Waals surface area contributed by atoms with E-state index in [1.165, 1.54) is 4.90 Å². The van der Waals surface area contributed by atoms with Gasteiger partial charge in [0.25, 0.3) is 0 Å². The van der Waals surface area contributed by atoms with E-state index in [2.05, 4.69) is 26.6 Å².